The standard InChI is InChI=1S/C16H20O2/c1-11-3-6-14-12(9-11)4-5-13(10-15(17)18)16(14)7-2-8-16/h3,6,9,13H,2,4-5,7-8,10H2,1H3,(H,17,18). The van der Waals surface area contributed by atoms with Crippen LogP contribution in [0.4, 0.5) is 0 Å². The Balaban J connectivity index is 2.00. The van der Waals surface area contributed by atoms with Crippen molar-refractivity contribution in [2.24, 2.45) is 5.92 Å². The van der Waals surface area contributed by atoms with Crippen LogP contribution in [-0.4, -0.2) is 11.1 Å². The van der Waals surface area contributed by atoms with Crippen LogP contribution in [0, 0.1) is 12.8 Å². The molecular weight excluding hydrogens is 224 g/mol. The van der Waals surface area contributed by atoms with Crippen molar-refractivity contribution in [3.8, 4) is 0 Å². The summed E-state index contributed by atoms with van der Waals surface area (Å²) in [5.41, 5.74) is 4.44. The highest BCUT2D eigenvalue weighted by molar-refractivity contribution is 5.67. The van der Waals surface area contributed by atoms with E-state index in [-0.39, 0.29) is 5.41 Å². The van der Waals surface area contributed by atoms with Crippen LogP contribution in [0.5, 0.6) is 0 Å². The second-order valence-corrected chi connectivity index (χ2v) is 6.00. The van der Waals surface area contributed by atoms with Gasteiger partial charge in [-0.15, -0.1) is 0 Å². The Bertz CT molecular complexity index is 486. The van der Waals surface area contributed by atoms with Gasteiger partial charge in [-0.25, -0.2) is 0 Å². The number of hydrogen-bond donors (Lipinski definition) is 1. The average Bonchev–Trinajstić information content (AvgIpc) is 2.26. The maximum Gasteiger partial charge on any atom is 0.303 e. The Morgan fingerprint density at radius 2 is 2.22 bits per heavy atom. The summed E-state index contributed by atoms with van der Waals surface area (Å²) in [4.78, 5) is 11.1. The van der Waals surface area contributed by atoms with Gasteiger partial charge in [0.25, 0.3) is 0 Å². The molecule has 1 fully saturated rings. The smallest absolute Gasteiger partial charge is 0.303 e. The van der Waals surface area contributed by atoms with Crippen LogP contribution in [-0.2, 0) is 16.6 Å². The number of rotatable bonds is 2. The van der Waals surface area contributed by atoms with Crippen molar-refractivity contribution < 1.29 is 9.90 Å². The van der Waals surface area contributed by atoms with E-state index in [0.717, 1.165) is 12.8 Å². The molecule has 1 spiro atoms. The van der Waals surface area contributed by atoms with Gasteiger partial charge >= 0.3 is 5.97 Å². The maximum atomic E-state index is 11.1. The van der Waals surface area contributed by atoms with Crippen molar-refractivity contribution in [2.45, 2.75) is 50.9 Å². The van der Waals surface area contributed by atoms with Crippen LogP contribution < -0.4 is 0 Å². The minimum atomic E-state index is -0.637. The summed E-state index contributed by atoms with van der Waals surface area (Å²) in [6.45, 7) is 2.14. The molecule has 3 rings (SSSR count). The Kier molecular flexibility index (Phi) is 2.69. The van der Waals surface area contributed by atoms with Gasteiger partial charge in [0, 0.05) is 6.42 Å². The number of aliphatic carboxylic acids is 1. The summed E-state index contributed by atoms with van der Waals surface area (Å²) in [6, 6.07) is 6.74. The molecule has 1 N–H and O–H groups in total. The topological polar surface area (TPSA) is 37.3 Å². The van der Waals surface area contributed by atoms with Gasteiger partial charge in [0.15, 0.2) is 0 Å². The molecular formula is C16H20O2. The number of aryl methyl sites for hydroxylation is 2. The van der Waals surface area contributed by atoms with Crippen LogP contribution in [0.3, 0.4) is 0 Å². The molecule has 96 valence electrons. The van der Waals surface area contributed by atoms with Crippen molar-refractivity contribution in [2.75, 3.05) is 0 Å². The quantitative estimate of drug-likeness (QED) is 0.865. The maximum absolute atomic E-state index is 11.1. The molecule has 2 nitrogen and oxygen atoms in total. The van der Waals surface area contributed by atoms with E-state index < -0.39 is 5.97 Å². The molecule has 1 unspecified atom stereocenters. The zero-order valence-electron chi connectivity index (χ0n) is 10.9. The Hall–Kier alpha value is -1.31. The normalized spacial score (nSPS) is 24.4. The van der Waals surface area contributed by atoms with Gasteiger partial charge < -0.3 is 5.11 Å². The van der Waals surface area contributed by atoms with Crippen molar-refractivity contribution in [1.82, 2.24) is 0 Å². The highest BCUT2D eigenvalue weighted by Crippen LogP contribution is 2.55. The zero-order valence-corrected chi connectivity index (χ0v) is 10.9. The summed E-state index contributed by atoms with van der Waals surface area (Å²) in [5.74, 6) is -0.291. The van der Waals surface area contributed by atoms with E-state index in [2.05, 4.69) is 25.1 Å². The van der Waals surface area contributed by atoms with Crippen molar-refractivity contribution in [3.05, 3.63) is 34.9 Å². The molecule has 1 aromatic carbocycles. The number of carboxylic acid groups (broad SMARTS) is 1. The van der Waals surface area contributed by atoms with E-state index in [1.165, 1.54) is 36.0 Å². The fourth-order valence-electron chi connectivity index (χ4n) is 3.98. The Morgan fingerprint density at radius 1 is 1.44 bits per heavy atom. The lowest BCUT2D eigenvalue weighted by Crippen LogP contribution is -2.46. The number of benzene rings is 1. The fourth-order valence-corrected chi connectivity index (χ4v) is 3.98. The van der Waals surface area contributed by atoms with Crippen LogP contribution in [0.1, 0.15) is 48.8 Å². The lowest BCUT2D eigenvalue weighted by Gasteiger charge is -2.51. The van der Waals surface area contributed by atoms with Gasteiger partial charge in [-0.05, 0) is 55.1 Å². The van der Waals surface area contributed by atoms with Crippen molar-refractivity contribution in [3.63, 3.8) is 0 Å². The minimum Gasteiger partial charge on any atom is -0.481 e. The Morgan fingerprint density at radius 3 is 2.83 bits per heavy atom. The van der Waals surface area contributed by atoms with E-state index in [0.29, 0.717) is 12.3 Å². The van der Waals surface area contributed by atoms with E-state index in [9.17, 15) is 4.79 Å². The first-order valence-corrected chi connectivity index (χ1v) is 6.94. The van der Waals surface area contributed by atoms with Crippen LogP contribution in [0.25, 0.3) is 0 Å². The van der Waals surface area contributed by atoms with Crippen molar-refractivity contribution >= 4 is 5.97 Å². The van der Waals surface area contributed by atoms with E-state index in [1.807, 2.05) is 0 Å². The minimum absolute atomic E-state index is 0.194. The van der Waals surface area contributed by atoms with Crippen LogP contribution in [0.15, 0.2) is 18.2 Å². The molecule has 0 aromatic heterocycles. The van der Waals surface area contributed by atoms with Crippen LogP contribution >= 0.6 is 0 Å². The molecule has 0 radical (unpaired) electrons. The molecule has 1 aromatic rings. The fraction of sp³-hybridized carbons (Fsp3) is 0.562. The lowest BCUT2D eigenvalue weighted by atomic mass is 9.52. The van der Waals surface area contributed by atoms with Gasteiger partial charge in [-0.3, -0.25) is 4.79 Å². The molecule has 0 amide bonds. The molecule has 0 aliphatic heterocycles. The summed E-state index contributed by atoms with van der Waals surface area (Å²) < 4.78 is 0. The molecule has 1 atom stereocenters. The molecule has 2 aliphatic carbocycles. The molecule has 0 saturated heterocycles. The summed E-state index contributed by atoms with van der Waals surface area (Å²) >= 11 is 0. The highest BCUT2D eigenvalue weighted by atomic mass is 16.4. The second kappa shape index (κ2) is 4.11. The van der Waals surface area contributed by atoms with Gasteiger partial charge in [0.1, 0.15) is 0 Å². The lowest BCUT2D eigenvalue weighted by molar-refractivity contribution is -0.139. The summed E-state index contributed by atoms with van der Waals surface area (Å²) in [6.07, 6.45) is 6.05. The predicted octanol–water partition coefficient (Wildman–Crippen LogP) is 3.45. The van der Waals surface area contributed by atoms with E-state index >= 15 is 0 Å². The van der Waals surface area contributed by atoms with Gasteiger partial charge in [-0.2, -0.15) is 0 Å². The Labute approximate surface area is 108 Å². The number of carboxylic acids is 1. The third-order valence-electron chi connectivity index (χ3n) is 5.01. The SMILES string of the molecule is Cc1ccc2c(c1)CCC(CC(=O)O)C21CCC1. The van der Waals surface area contributed by atoms with Gasteiger partial charge in [-0.1, -0.05) is 30.2 Å². The zero-order chi connectivity index (χ0) is 12.8. The third-order valence-corrected chi connectivity index (χ3v) is 5.01. The molecule has 2 heteroatoms. The highest BCUT2D eigenvalue weighted by Gasteiger charge is 2.48. The molecule has 18 heavy (non-hydrogen) atoms. The molecule has 0 heterocycles. The van der Waals surface area contributed by atoms with E-state index in [4.69, 9.17) is 5.11 Å². The predicted molar refractivity (Wildman–Crippen MR) is 70.8 cm³/mol. The average molecular weight is 244 g/mol. The monoisotopic (exact) mass is 244 g/mol. The largest absolute Gasteiger partial charge is 0.481 e. The summed E-state index contributed by atoms with van der Waals surface area (Å²) in [5, 5.41) is 9.11. The number of hydrogen-bond acceptors (Lipinski definition) is 1. The first-order valence-electron chi connectivity index (χ1n) is 6.94. The van der Waals surface area contributed by atoms with E-state index in [1.54, 1.807) is 0 Å². The second-order valence-electron chi connectivity index (χ2n) is 6.00. The molecule has 2 aliphatic rings. The third kappa shape index (κ3) is 1.66. The first kappa shape index (κ1) is 11.8. The number of carbonyl (C=O) groups is 1. The van der Waals surface area contributed by atoms with Crippen LogP contribution in [0.2, 0.25) is 0 Å². The summed E-state index contributed by atoms with van der Waals surface area (Å²) in [7, 11) is 0. The first-order chi connectivity index (χ1) is 8.62. The van der Waals surface area contributed by atoms with Crippen molar-refractivity contribution in [1.29, 1.82) is 0 Å². The van der Waals surface area contributed by atoms with Gasteiger partial charge in [0.05, 0.1) is 0 Å². The number of fused-ring (bicyclic) bond motifs is 2. The molecule has 0 bridgehead atoms. The molecule has 1 saturated carbocycles. The van der Waals surface area contributed by atoms with Gasteiger partial charge in [0.2, 0.25) is 0 Å².